The van der Waals surface area contributed by atoms with E-state index in [0.29, 0.717) is 12.8 Å². The third-order valence-corrected chi connectivity index (χ3v) is 11.6. The summed E-state index contributed by atoms with van der Waals surface area (Å²) in [6.45, 7) is 4.05. The van der Waals surface area contributed by atoms with Gasteiger partial charge in [0.2, 0.25) is 0 Å². The Morgan fingerprint density at radius 2 is 0.705 bits per heavy atom. The van der Waals surface area contributed by atoms with Crippen molar-refractivity contribution in [3.8, 4) is 0 Å². The van der Waals surface area contributed by atoms with E-state index >= 15 is 0 Å². The topological polar surface area (TPSA) is 72.8 Å². The van der Waals surface area contributed by atoms with Crippen LogP contribution in [0.2, 0.25) is 0 Å². The molecule has 1 atom stereocenters. The predicted octanol–water partition coefficient (Wildman–Crippen LogP) is 17.5. The van der Waals surface area contributed by atoms with Crippen LogP contribution < -0.4 is 0 Å². The number of rotatable bonds is 48. The molecule has 0 aliphatic rings. The molecule has 5 heteroatoms. The highest BCUT2D eigenvalue weighted by Gasteiger charge is 2.16. The molecule has 0 radical (unpaired) electrons. The molecule has 0 bridgehead atoms. The van der Waals surface area contributed by atoms with Crippen molar-refractivity contribution in [2.75, 3.05) is 13.2 Å². The maximum atomic E-state index is 12.3. The molecule has 0 aliphatic heterocycles. The Bertz CT molecular complexity index is 1060. The summed E-state index contributed by atoms with van der Waals surface area (Å²) in [5.74, 6) is -0.588. The van der Waals surface area contributed by atoms with Crippen molar-refractivity contribution in [2.24, 2.45) is 0 Å². The van der Waals surface area contributed by atoms with Crippen LogP contribution in [0.1, 0.15) is 264 Å². The van der Waals surface area contributed by atoms with Crippen LogP contribution >= 0.6 is 0 Å². The van der Waals surface area contributed by atoms with Gasteiger partial charge in [-0.2, -0.15) is 0 Å². The van der Waals surface area contributed by atoms with Crippen LogP contribution in [0.3, 0.4) is 0 Å². The molecule has 0 amide bonds. The van der Waals surface area contributed by atoms with Gasteiger partial charge in [0, 0.05) is 12.8 Å². The Labute approximate surface area is 379 Å². The third kappa shape index (κ3) is 50.1. The van der Waals surface area contributed by atoms with Gasteiger partial charge in [0.15, 0.2) is 6.10 Å². The number of ether oxygens (including phenoxy) is 2. The highest BCUT2D eigenvalue weighted by molar-refractivity contribution is 5.70. The summed E-state index contributed by atoms with van der Waals surface area (Å²) < 4.78 is 10.7. The van der Waals surface area contributed by atoms with E-state index in [4.69, 9.17) is 9.47 Å². The molecule has 0 aromatic rings. The fraction of sp³-hybridized carbons (Fsp3) is 0.786. The van der Waals surface area contributed by atoms with Crippen molar-refractivity contribution in [1.82, 2.24) is 0 Å². The van der Waals surface area contributed by atoms with E-state index in [-0.39, 0.29) is 25.2 Å². The van der Waals surface area contributed by atoms with E-state index in [2.05, 4.69) is 74.6 Å². The molecule has 61 heavy (non-hydrogen) atoms. The van der Waals surface area contributed by atoms with Gasteiger partial charge >= 0.3 is 11.9 Å². The molecule has 0 spiro atoms. The normalized spacial score (nSPS) is 12.6. The van der Waals surface area contributed by atoms with Crippen LogP contribution in [0.15, 0.2) is 60.8 Å². The largest absolute Gasteiger partial charge is 0.462 e. The SMILES string of the molecule is CC/C=C\C/C=C\C/C=C\C/C=C\C/C=C\CCCCCCCCCCCC(=O)OC(CO)COC(=O)CCCCCCCCCCCCCCCCCCCCCCCC. The van der Waals surface area contributed by atoms with Gasteiger partial charge in [-0.1, -0.05) is 254 Å². The smallest absolute Gasteiger partial charge is 0.306 e. The van der Waals surface area contributed by atoms with E-state index in [1.165, 1.54) is 167 Å². The lowest BCUT2D eigenvalue weighted by Crippen LogP contribution is -2.28. The van der Waals surface area contributed by atoms with Crippen LogP contribution in [0.4, 0.5) is 0 Å². The van der Waals surface area contributed by atoms with Crippen molar-refractivity contribution in [3.63, 3.8) is 0 Å². The number of aliphatic hydroxyl groups is 1. The van der Waals surface area contributed by atoms with Crippen molar-refractivity contribution < 1.29 is 24.2 Å². The maximum Gasteiger partial charge on any atom is 0.306 e. The number of carbonyl (C=O) groups excluding carboxylic acids is 2. The summed E-state index contributed by atoms with van der Waals surface area (Å²) in [7, 11) is 0. The zero-order valence-corrected chi connectivity index (χ0v) is 40.4. The number of esters is 2. The average molecular weight is 853 g/mol. The first-order chi connectivity index (χ1) is 30.1. The van der Waals surface area contributed by atoms with E-state index in [9.17, 15) is 14.7 Å². The molecule has 0 aliphatic carbocycles. The van der Waals surface area contributed by atoms with Crippen molar-refractivity contribution >= 4 is 11.9 Å². The molecule has 0 rings (SSSR count). The molecule has 354 valence electrons. The number of hydrogen-bond acceptors (Lipinski definition) is 5. The first kappa shape index (κ1) is 58.6. The predicted molar refractivity (Wildman–Crippen MR) is 265 cm³/mol. The quantitative estimate of drug-likeness (QED) is 0.0375. The minimum atomic E-state index is -0.776. The van der Waals surface area contributed by atoms with Gasteiger partial charge in [-0.15, -0.1) is 0 Å². The number of unbranched alkanes of at least 4 members (excludes halogenated alkanes) is 30. The van der Waals surface area contributed by atoms with E-state index < -0.39 is 6.10 Å². The average Bonchev–Trinajstić information content (AvgIpc) is 3.26. The second-order valence-electron chi connectivity index (χ2n) is 17.6. The van der Waals surface area contributed by atoms with E-state index in [1.54, 1.807) is 0 Å². The van der Waals surface area contributed by atoms with Gasteiger partial charge in [-0.3, -0.25) is 9.59 Å². The molecular weight excluding hydrogens is 753 g/mol. The standard InChI is InChI=1S/C56H100O5/c1-3-5-7-9-11-13-15-17-19-21-23-25-27-28-29-31-33-35-37-39-41-43-45-47-49-51-56(59)61-54(52-57)53-60-55(58)50-48-46-44-42-40-38-36-34-32-30-26-24-22-20-18-16-14-12-10-8-6-4-2/h5,7,11,13,17,19,23,25,28-29,54,57H,3-4,6,8-10,12,14-16,18,20-22,24,26-27,30-53H2,1-2H3/b7-5-,13-11-,19-17-,25-23-,29-28-. The van der Waals surface area contributed by atoms with Gasteiger partial charge in [0.05, 0.1) is 6.61 Å². The first-order valence-corrected chi connectivity index (χ1v) is 26.3. The van der Waals surface area contributed by atoms with Gasteiger partial charge in [-0.05, 0) is 57.8 Å². The van der Waals surface area contributed by atoms with Gasteiger partial charge < -0.3 is 14.6 Å². The number of aliphatic hydroxyl groups excluding tert-OH is 1. The summed E-state index contributed by atoms with van der Waals surface area (Å²) >= 11 is 0. The van der Waals surface area contributed by atoms with Gasteiger partial charge in [-0.25, -0.2) is 0 Å². The summed E-state index contributed by atoms with van der Waals surface area (Å²) in [5, 5.41) is 9.64. The van der Waals surface area contributed by atoms with Gasteiger partial charge in [0.1, 0.15) is 6.61 Å². The highest BCUT2D eigenvalue weighted by Crippen LogP contribution is 2.16. The molecule has 0 aromatic carbocycles. The number of hydrogen-bond donors (Lipinski definition) is 1. The van der Waals surface area contributed by atoms with Crippen LogP contribution in [0.5, 0.6) is 0 Å². The number of allylic oxidation sites excluding steroid dienone is 10. The van der Waals surface area contributed by atoms with Crippen molar-refractivity contribution in [1.29, 1.82) is 0 Å². The monoisotopic (exact) mass is 853 g/mol. The molecule has 0 heterocycles. The van der Waals surface area contributed by atoms with Gasteiger partial charge in [0.25, 0.3) is 0 Å². The molecule has 0 aromatic heterocycles. The summed E-state index contributed by atoms with van der Waals surface area (Å²) in [5.41, 5.74) is 0. The van der Waals surface area contributed by atoms with Crippen molar-refractivity contribution in [3.05, 3.63) is 60.8 Å². The zero-order chi connectivity index (χ0) is 44.2. The molecule has 1 N–H and O–H groups in total. The lowest BCUT2D eigenvalue weighted by molar-refractivity contribution is -0.161. The van der Waals surface area contributed by atoms with Crippen LogP contribution in [0.25, 0.3) is 0 Å². The maximum absolute atomic E-state index is 12.3. The van der Waals surface area contributed by atoms with E-state index in [1.807, 2.05) is 0 Å². The fourth-order valence-electron chi connectivity index (χ4n) is 7.64. The lowest BCUT2D eigenvalue weighted by Gasteiger charge is -2.15. The Hall–Kier alpha value is -2.40. The minimum Gasteiger partial charge on any atom is -0.462 e. The number of carbonyl (C=O) groups is 2. The fourth-order valence-corrected chi connectivity index (χ4v) is 7.64. The molecule has 0 saturated heterocycles. The molecule has 0 fully saturated rings. The summed E-state index contributed by atoms with van der Waals surface area (Å²) in [6, 6.07) is 0. The minimum absolute atomic E-state index is 0.0668. The first-order valence-electron chi connectivity index (χ1n) is 26.3. The van der Waals surface area contributed by atoms with Crippen LogP contribution in [-0.4, -0.2) is 36.4 Å². The highest BCUT2D eigenvalue weighted by atomic mass is 16.6. The summed E-state index contributed by atoms with van der Waals surface area (Å²) in [6.07, 6.45) is 68.9. The summed E-state index contributed by atoms with van der Waals surface area (Å²) in [4.78, 5) is 24.5. The van der Waals surface area contributed by atoms with Crippen LogP contribution in [0, 0.1) is 0 Å². The Kier molecular flexibility index (Phi) is 49.9. The molecule has 1 unspecified atom stereocenters. The van der Waals surface area contributed by atoms with Crippen molar-refractivity contribution in [2.45, 2.75) is 270 Å². The Morgan fingerprint density at radius 1 is 0.393 bits per heavy atom. The Morgan fingerprint density at radius 3 is 1.07 bits per heavy atom. The molecular formula is C56H100O5. The Balaban J connectivity index is 3.50. The molecule has 5 nitrogen and oxygen atoms in total. The molecule has 0 saturated carbocycles. The third-order valence-electron chi connectivity index (χ3n) is 11.6. The lowest BCUT2D eigenvalue weighted by atomic mass is 10.0. The van der Waals surface area contributed by atoms with E-state index in [0.717, 1.165) is 70.6 Å². The zero-order valence-electron chi connectivity index (χ0n) is 40.4. The second-order valence-corrected chi connectivity index (χ2v) is 17.6. The second kappa shape index (κ2) is 51.9. The van der Waals surface area contributed by atoms with Crippen LogP contribution in [-0.2, 0) is 19.1 Å².